The number of hydrogen-bond donors (Lipinski definition) is 0. The Morgan fingerprint density at radius 1 is 0.906 bits per heavy atom. The monoisotopic (exact) mass is 477 g/mol. The van der Waals surface area contributed by atoms with E-state index >= 15 is 0 Å². The first-order valence-corrected chi connectivity index (χ1v) is 19.8. The minimum atomic E-state index is -1.66. The average molecular weight is 478 g/mol. The summed E-state index contributed by atoms with van der Waals surface area (Å²) in [6.45, 7) is 18.9. The van der Waals surface area contributed by atoms with Crippen molar-refractivity contribution in [3.63, 3.8) is 0 Å². The molecule has 0 amide bonds. The lowest BCUT2D eigenvalue weighted by Gasteiger charge is -2.57. The molecule has 4 nitrogen and oxygen atoms in total. The van der Waals surface area contributed by atoms with Crippen molar-refractivity contribution in [2.75, 3.05) is 7.11 Å². The molecule has 32 heavy (non-hydrogen) atoms. The van der Waals surface area contributed by atoms with E-state index in [4.69, 9.17) is 13.7 Å². The summed E-state index contributed by atoms with van der Waals surface area (Å²) in [5.41, 5.74) is 3.36. The highest BCUT2D eigenvalue weighted by Gasteiger charge is 2.61. The zero-order valence-electron chi connectivity index (χ0n) is 22.1. The third kappa shape index (κ3) is 4.46. The van der Waals surface area contributed by atoms with Crippen molar-refractivity contribution in [1.82, 2.24) is 0 Å². The van der Waals surface area contributed by atoms with Crippen LogP contribution in [0, 0.1) is 28.6 Å². The lowest BCUT2D eigenvalue weighted by atomic mass is 9.48. The second-order valence-corrected chi connectivity index (χ2v) is 22.3. The molecular formula is C26H47NO3Si2. The van der Waals surface area contributed by atoms with Crippen LogP contribution in [-0.2, 0) is 13.7 Å². The molecule has 0 radical (unpaired) electrons. The van der Waals surface area contributed by atoms with Gasteiger partial charge in [-0.15, -0.1) is 0 Å². The highest BCUT2D eigenvalue weighted by atomic mass is 28.4. The van der Waals surface area contributed by atoms with E-state index in [9.17, 15) is 0 Å². The molecule has 0 heterocycles. The van der Waals surface area contributed by atoms with Crippen molar-refractivity contribution in [3.8, 4) is 0 Å². The van der Waals surface area contributed by atoms with Gasteiger partial charge in [0.05, 0.1) is 11.8 Å². The molecule has 4 aliphatic carbocycles. The molecule has 0 spiro atoms. The molecule has 3 saturated carbocycles. The standard InChI is InChI=1S/C26H47NO3Si2/c1-25-14-12-19(29-31(4,5)6)16-18(25)10-11-20-21(25)13-15-26(2)22(20)17-23(24(26)27-28-3)30-32(7,8)9/h10,19-23H,11-17H2,1-9H3/t19-,20+,21-,22-,23+,25-,26-/m0/s1. The first-order chi connectivity index (χ1) is 14.8. The number of hydrogen-bond acceptors (Lipinski definition) is 4. The second-order valence-electron chi connectivity index (χ2n) is 13.4. The largest absolute Gasteiger partial charge is 0.414 e. The van der Waals surface area contributed by atoms with Gasteiger partial charge in [-0.1, -0.05) is 30.7 Å². The fraction of sp³-hybridized carbons (Fsp3) is 0.885. The first kappa shape index (κ1) is 24.7. The molecular weight excluding hydrogens is 430 g/mol. The van der Waals surface area contributed by atoms with Gasteiger partial charge in [-0.2, -0.15) is 0 Å². The summed E-state index contributed by atoms with van der Waals surface area (Å²) in [6, 6.07) is 0. The van der Waals surface area contributed by atoms with Crippen LogP contribution >= 0.6 is 0 Å². The van der Waals surface area contributed by atoms with E-state index in [0.717, 1.165) is 24.7 Å². The molecule has 0 aromatic rings. The highest BCUT2D eigenvalue weighted by Crippen LogP contribution is 2.64. The van der Waals surface area contributed by atoms with E-state index in [-0.39, 0.29) is 11.5 Å². The van der Waals surface area contributed by atoms with Gasteiger partial charge in [0.2, 0.25) is 0 Å². The van der Waals surface area contributed by atoms with Crippen molar-refractivity contribution in [2.45, 2.75) is 110 Å². The molecule has 0 aromatic carbocycles. The van der Waals surface area contributed by atoms with Crippen molar-refractivity contribution < 1.29 is 13.7 Å². The van der Waals surface area contributed by atoms with Crippen LogP contribution in [0.25, 0.3) is 0 Å². The summed E-state index contributed by atoms with van der Waals surface area (Å²) in [7, 11) is -1.46. The van der Waals surface area contributed by atoms with Gasteiger partial charge in [0.25, 0.3) is 0 Å². The predicted molar refractivity (Wildman–Crippen MR) is 138 cm³/mol. The van der Waals surface area contributed by atoms with Crippen LogP contribution in [-0.4, -0.2) is 41.7 Å². The quantitative estimate of drug-likeness (QED) is 0.243. The number of fused-ring (bicyclic) bond motifs is 5. The number of oxime groups is 1. The van der Waals surface area contributed by atoms with Crippen LogP contribution in [0.5, 0.6) is 0 Å². The molecule has 0 bridgehead atoms. The Morgan fingerprint density at radius 2 is 1.56 bits per heavy atom. The van der Waals surface area contributed by atoms with Crippen molar-refractivity contribution >= 4 is 22.3 Å². The summed E-state index contributed by atoms with van der Waals surface area (Å²) in [4.78, 5) is 5.38. The summed E-state index contributed by atoms with van der Waals surface area (Å²) < 4.78 is 13.2. The number of allylic oxidation sites excluding steroid dienone is 1. The smallest absolute Gasteiger partial charge is 0.184 e. The maximum atomic E-state index is 6.69. The van der Waals surface area contributed by atoms with Gasteiger partial charge in [0.1, 0.15) is 7.11 Å². The number of nitrogens with zero attached hydrogens (tertiary/aromatic N) is 1. The van der Waals surface area contributed by atoms with E-state index in [1.54, 1.807) is 12.7 Å². The van der Waals surface area contributed by atoms with E-state index < -0.39 is 16.6 Å². The second kappa shape index (κ2) is 8.35. The third-order valence-corrected chi connectivity index (χ3v) is 11.0. The van der Waals surface area contributed by atoms with Crippen LogP contribution in [0.4, 0.5) is 0 Å². The van der Waals surface area contributed by atoms with Gasteiger partial charge in [0, 0.05) is 11.5 Å². The molecule has 4 aliphatic rings. The molecule has 0 aromatic heterocycles. The molecule has 182 valence electrons. The Kier molecular flexibility index (Phi) is 6.44. The molecule has 4 rings (SSSR count). The summed E-state index contributed by atoms with van der Waals surface area (Å²) in [5.74, 6) is 2.15. The topological polar surface area (TPSA) is 40.0 Å². The molecule has 0 saturated heterocycles. The Morgan fingerprint density at radius 3 is 2.19 bits per heavy atom. The fourth-order valence-electron chi connectivity index (χ4n) is 7.80. The molecule has 0 N–H and O–H groups in total. The van der Waals surface area contributed by atoms with Gasteiger partial charge in [-0.05, 0) is 107 Å². The van der Waals surface area contributed by atoms with Gasteiger partial charge >= 0.3 is 0 Å². The van der Waals surface area contributed by atoms with Crippen LogP contribution in [0.15, 0.2) is 16.8 Å². The lowest BCUT2D eigenvalue weighted by Crippen LogP contribution is -2.51. The minimum absolute atomic E-state index is 0.112. The minimum Gasteiger partial charge on any atom is -0.414 e. The summed E-state index contributed by atoms with van der Waals surface area (Å²) >= 11 is 0. The van der Waals surface area contributed by atoms with Crippen LogP contribution in [0.3, 0.4) is 0 Å². The van der Waals surface area contributed by atoms with Crippen molar-refractivity contribution in [2.24, 2.45) is 33.7 Å². The van der Waals surface area contributed by atoms with Crippen LogP contribution in [0.1, 0.15) is 58.8 Å². The Labute approximate surface area is 198 Å². The molecule has 7 atom stereocenters. The van der Waals surface area contributed by atoms with Crippen molar-refractivity contribution in [3.05, 3.63) is 11.6 Å². The van der Waals surface area contributed by atoms with E-state index in [0.29, 0.717) is 17.4 Å². The maximum absolute atomic E-state index is 6.69. The highest BCUT2D eigenvalue weighted by molar-refractivity contribution is 6.70. The van der Waals surface area contributed by atoms with Gasteiger partial charge in [-0.3, -0.25) is 0 Å². The van der Waals surface area contributed by atoms with Crippen molar-refractivity contribution in [1.29, 1.82) is 0 Å². The van der Waals surface area contributed by atoms with Gasteiger partial charge < -0.3 is 13.7 Å². The zero-order chi connectivity index (χ0) is 23.5. The van der Waals surface area contributed by atoms with E-state index in [1.807, 2.05) is 0 Å². The normalized spacial score (nSPS) is 43.3. The molecule has 3 fully saturated rings. The summed E-state index contributed by atoms with van der Waals surface area (Å²) in [6.07, 6.45) is 11.7. The zero-order valence-corrected chi connectivity index (χ0v) is 24.1. The Balaban J connectivity index is 1.60. The third-order valence-electron chi connectivity index (χ3n) is 9.01. The SMILES string of the molecule is CON=C1[C@H](O[Si](C)(C)C)C[C@H]2[C@@H]3CC=C4C[C@@H](O[Si](C)(C)C)CC[C@]4(C)[C@H]3CC[C@]12C. The van der Waals surface area contributed by atoms with Gasteiger partial charge in [-0.25, -0.2) is 0 Å². The Hall–Kier alpha value is -0.436. The van der Waals surface area contributed by atoms with E-state index in [1.165, 1.54) is 37.8 Å². The maximum Gasteiger partial charge on any atom is 0.184 e. The fourth-order valence-corrected chi connectivity index (χ4v) is 10.1. The van der Waals surface area contributed by atoms with Crippen LogP contribution < -0.4 is 0 Å². The summed E-state index contributed by atoms with van der Waals surface area (Å²) in [5, 5.41) is 4.61. The molecule has 6 heteroatoms. The van der Waals surface area contributed by atoms with Crippen LogP contribution in [0.2, 0.25) is 39.3 Å². The first-order valence-electron chi connectivity index (χ1n) is 12.9. The molecule has 0 aliphatic heterocycles. The lowest BCUT2D eigenvalue weighted by molar-refractivity contribution is -0.0215. The van der Waals surface area contributed by atoms with Gasteiger partial charge in [0.15, 0.2) is 16.6 Å². The molecule has 0 unspecified atom stereocenters. The van der Waals surface area contributed by atoms with E-state index in [2.05, 4.69) is 64.4 Å². The Bertz CT molecular complexity index is 783. The predicted octanol–water partition coefficient (Wildman–Crippen LogP) is 7.00. The number of rotatable bonds is 5. The average Bonchev–Trinajstić information content (AvgIpc) is 2.92.